The highest BCUT2D eigenvalue weighted by Gasteiger charge is 2.52. The first kappa shape index (κ1) is 37.3. The molecule has 68 heavy (non-hydrogen) atoms. The number of hydrogen-bond acceptors (Lipinski definition) is 6. The maximum Gasteiger partial charge on any atom is 0.134 e. The third-order valence-corrected chi connectivity index (χ3v) is 15.4. The van der Waals surface area contributed by atoms with E-state index in [-0.39, 0.29) is 0 Å². The predicted molar refractivity (Wildman–Crippen MR) is 272 cm³/mol. The second-order valence-electron chi connectivity index (χ2n) is 17.6. The zero-order chi connectivity index (χ0) is 44.7. The summed E-state index contributed by atoms with van der Waals surface area (Å²) in [7, 11) is 0. The maximum absolute atomic E-state index is 9.86. The molecule has 2 aliphatic heterocycles. The molecule has 1 spiro atoms. The summed E-state index contributed by atoms with van der Waals surface area (Å²) in [6, 6.07) is 71.4. The molecule has 316 valence electrons. The van der Waals surface area contributed by atoms with Crippen molar-refractivity contribution in [3.05, 3.63) is 234 Å². The number of ether oxygens (including phenoxy) is 1. The first-order valence-corrected chi connectivity index (χ1v) is 23.5. The van der Waals surface area contributed by atoms with Gasteiger partial charge in [0.15, 0.2) is 0 Å². The van der Waals surface area contributed by atoms with E-state index in [4.69, 9.17) is 14.7 Å². The molecule has 8 heteroatoms. The Balaban J connectivity index is 0.951. The maximum atomic E-state index is 9.86. The van der Waals surface area contributed by atoms with E-state index >= 15 is 0 Å². The van der Waals surface area contributed by atoms with Crippen LogP contribution in [0.25, 0.3) is 66.4 Å². The number of nitriles is 1. The lowest BCUT2D eigenvalue weighted by molar-refractivity contribution is 0.436. The second kappa shape index (κ2) is 13.8. The number of fused-ring (bicyclic) bond motifs is 17. The molecule has 0 fully saturated rings. The van der Waals surface area contributed by atoms with Crippen LogP contribution in [-0.4, -0.2) is 19.1 Å². The number of rotatable bonds is 3. The highest BCUT2D eigenvalue weighted by Crippen LogP contribution is 2.62. The van der Waals surface area contributed by atoms with Gasteiger partial charge in [-0.15, -0.1) is 0 Å². The average Bonchev–Trinajstić information content (AvgIpc) is 4.01. The van der Waals surface area contributed by atoms with Gasteiger partial charge in [-0.2, -0.15) is 5.26 Å². The predicted octanol–water partition coefficient (Wildman–Crippen LogP) is 14.9. The molecule has 3 aliphatic rings. The van der Waals surface area contributed by atoms with Crippen LogP contribution in [0.5, 0.6) is 11.5 Å². The zero-order valence-electron chi connectivity index (χ0n) is 36.1. The lowest BCUT2D eigenvalue weighted by Crippen LogP contribution is -2.32. The second-order valence-corrected chi connectivity index (χ2v) is 18.7. The van der Waals surface area contributed by atoms with Gasteiger partial charge in [-0.05, 0) is 108 Å². The van der Waals surface area contributed by atoms with E-state index < -0.39 is 5.41 Å². The van der Waals surface area contributed by atoms with Crippen molar-refractivity contribution in [1.29, 1.82) is 5.26 Å². The van der Waals surface area contributed by atoms with Crippen LogP contribution in [0, 0.1) is 11.3 Å². The summed E-state index contributed by atoms with van der Waals surface area (Å²) in [5.41, 5.74) is 15.5. The molecule has 15 rings (SSSR count). The molecule has 0 atom stereocenters. The van der Waals surface area contributed by atoms with Crippen LogP contribution in [0.3, 0.4) is 0 Å². The average molecular weight is 887 g/mol. The molecule has 1 aliphatic carbocycles. The summed E-state index contributed by atoms with van der Waals surface area (Å²) in [6.45, 7) is 0. The summed E-state index contributed by atoms with van der Waals surface area (Å²) in [5, 5.41) is 14.3. The van der Waals surface area contributed by atoms with Crippen molar-refractivity contribution in [3.8, 4) is 40.3 Å². The van der Waals surface area contributed by atoms with Gasteiger partial charge in [0.2, 0.25) is 0 Å². The van der Waals surface area contributed by atoms with E-state index in [0.717, 1.165) is 95.0 Å². The van der Waals surface area contributed by atoms with E-state index in [9.17, 15) is 5.26 Å². The summed E-state index contributed by atoms with van der Waals surface area (Å²) >= 11 is 1.82. The smallest absolute Gasteiger partial charge is 0.134 e. The van der Waals surface area contributed by atoms with Gasteiger partial charge in [0.25, 0.3) is 0 Å². The Hall–Kier alpha value is -8.90. The van der Waals surface area contributed by atoms with E-state index in [0.29, 0.717) is 5.56 Å². The minimum absolute atomic E-state index is 0.630. The molecule has 7 nitrogen and oxygen atoms in total. The SMILES string of the molecule is N#Cc1ccc2c(c1)c1ccccc1n2-c1ccc2c(c1)Oc1cc(-n3c4ccccc4c4cc(N5c6ccccc6Sc6ccccc65)ccc43)ccc1C21c2cccnc2-c2ncccc21. The van der Waals surface area contributed by atoms with Crippen LogP contribution < -0.4 is 9.64 Å². The van der Waals surface area contributed by atoms with Crippen LogP contribution in [-0.2, 0) is 5.41 Å². The van der Waals surface area contributed by atoms with Gasteiger partial charge in [0.1, 0.15) is 11.5 Å². The van der Waals surface area contributed by atoms with Gasteiger partial charge >= 0.3 is 0 Å². The Kier molecular flexibility index (Phi) is 7.58. The molecular formula is C60H34N6OS. The van der Waals surface area contributed by atoms with E-state index in [1.54, 1.807) is 0 Å². The molecule has 0 amide bonds. The molecule has 0 bridgehead atoms. The number of para-hydroxylation sites is 4. The fraction of sp³-hybridized carbons (Fsp3) is 0.0167. The Labute approximate surface area is 394 Å². The van der Waals surface area contributed by atoms with Crippen LogP contribution in [0.4, 0.5) is 17.1 Å². The van der Waals surface area contributed by atoms with Crippen molar-refractivity contribution in [2.24, 2.45) is 0 Å². The van der Waals surface area contributed by atoms with Gasteiger partial charge in [-0.3, -0.25) is 9.97 Å². The molecule has 0 saturated carbocycles. The summed E-state index contributed by atoms with van der Waals surface area (Å²) < 4.78 is 12.0. The first-order valence-electron chi connectivity index (χ1n) is 22.7. The van der Waals surface area contributed by atoms with E-state index in [1.165, 1.54) is 31.9 Å². The van der Waals surface area contributed by atoms with Crippen LogP contribution in [0.1, 0.15) is 27.8 Å². The summed E-state index contributed by atoms with van der Waals surface area (Å²) in [6.07, 6.45) is 3.72. The minimum Gasteiger partial charge on any atom is -0.457 e. The lowest BCUT2D eigenvalue weighted by atomic mass is 9.66. The molecule has 8 aromatic carbocycles. The zero-order valence-corrected chi connectivity index (χ0v) is 36.9. The highest BCUT2D eigenvalue weighted by molar-refractivity contribution is 7.99. The largest absolute Gasteiger partial charge is 0.457 e. The Morgan fingerprint density at radius 3 is 1.53 bits per heavy atom. The van der Waals surface area contributed by atoms with E-state index in [2.05, 4.69) is 190 Å². The monoisotopic (exact) mass is 886 g/mol. The Morgan fingerprint density at radius 2 is 0.941 bits per heavy atom. The molecule has 6 heterocycles. The molecule has 12 aromatic rings. The molecule has 0 saturated heterocycles. The number of benzene rings is 8. The first-order chi connectivity index (χ1) is 33.7. The molecule has 0 N–H and O–H groups in total. The Morgan fingerprint density at radius 1 is 0.441 bits per heavy atom. The van der Waals surface area contributed by atoms with Crippen molar-refractivity contribution in [2.75, 3.05) is 4.90 Å². The van der Waals surface area contributed by atoms with Crippen LogP contribution >= 0.6 is 11.8 Å². The normalized spacial score (nSPS) is 13.7. The quantitative estimate of drug-likeness (QED) is 0.176. The fourth-order valence-electron chi connectivity index (χ4n) is 11.6. The van der Waals surface area contributed by atoms with E-state index in [1.807, 2.05) is 48.4 Å². The van der Waals surface area contributed by atoms with Crippen molar-refractivity contribution in [3.63, 3.8) is 0 Å². The number of aromatic nitrogens is 4. The van der Waals surface area contributed by atoms with Gasteiger partial charge in [-0.1, -0.05) is 96.7 Å². The molecule has 0 radical (unpaired) electrons. The number of pyridine rings is 2. The molecular weight excluding hydrogens is 853 g/mol. The highest BCUT2D eigenvalue weighted by atomic mass is 32.2. The van der Waals surface area contributed by atoms with Crippen molar-refractivity contribution in [2.45, 2.75) is 15.2 Å². The number of hydrogen-bond donors (Lipinski definition) is 0. The summed E-state index contributed by atoms with van der Waals surface area (Å²) in [4.78, 5) is 14.8. The molecule has 4 aromatic heterocycles. The third-order valence-electron chi connectivity index (χ3n) is 14.3. The van der Waals surface area contributed by atoms with Crippen LogP contribution in [0.15, 0.2) is 216 Å². The topological polar surface area (TPSA) is 71.9 Å². The van der Waals surface area contributed by atoms with Crippen molar-refractivity contribution < 1.29 is 4.74 Å². The lowest BCUT2D eigenvalue weighted by Gasteiger charge is -2.39. The molecule has 0 unspecified atom stereocenters. The van der Waals surface area contributed by atoms with Gasteiger partial charge in [-0.25, -0.2) is 0 Å². The van der Waals surface area contributed by atoms with Crippen molar-refractivity contribution in [1.82, 2.24) is 19.1 Å². The standard InChI is InChI=1S/C60H34N6OS/c61-35-36-21-27-50-42(31-36)40-11-1-3-15-48(40)64(50)38-22-25-44-54(33-38)67-55-34-39(23-26-45(55)60(44)46-13-9-29-62-58(46)59-47(60)14-10-30-63-59)65-49-16-4-2-12-41(49)43-32-37(24-28-51(43)65)66-52-17-5-7-19-56(52)68-57-20-8-6-18-53(57)66/h1-34H. The number of nitrogens with zero attached hydrogens (tertiary/aromatic N) is 6. The van der Waals surface area contributed by atoms with Crippen LogP contribution in [0.2, 0.25) is 0 Å². The van der Waals surface area contributed by atoms with Gasteiger partial charge < -0.3 is 18.8 Å². The Bertz CT molecular complexity index is 4120. The number of anilines is 3. The fourth-order valence-corrected chi connectivity index (χ4v) is 12.6. The summed E-state index contributed by atoms with van der Waals surface area (Å²) in [5.74, 6) is 1.52. The van der Waals surface area contributed by atoms with Gasteiger partial charge in [0.05, 0.1) is 61.9 Å². The minimum atomic E-state index is -0.759. The van der Waals surface area contributed by atoms with Gasteiger partial charge in [0, 0.05) is 84.1 Å². The third kappa shape index (κ3) is 4.92. The van der Waals surface area contributed by atoms with Crippen molar-refractivity contribution >= 4 is 72.4 Å².